The molecule has 0 aliphatic heterocycles. The van der Waals surface area contributed by atoms with Crippen molar-refractivity contribution < 1.29 is 24.8 Å². The third-order valence-corrected chi connectivity index (χ3v) is 0.0500. The molecule has 0 bridgehead atoms. The summed E-state index contributed by atoms with van der Waals surface area (Å²) in [7, 11) is 0. The summed E-state index contributed by atoms with van der Waals surface area (Å²) in [6.07, 6.45) is 0. The van der Waals surface area contributed by atoms with Crippen LogP contribution in [-0.4, -0.2) is 37.7 Å². The van der Waals surface area contributed by atoms with Crippen molar-refractivity contribution in [3.05, 3.63) is 0 Å². The van der Waals surface area contributed by atoms with Crippen LogP contribution in [0.4, 0.5) is 0 Å². The fourth-order valence-electron chi connectivity index (χ4n) is 0. The normalized spacial score (nSPS) is 1.43. The zero-order valence-corrected chi connectivity index (χ0v) is 7.08. The van der Waals surface area contributed by atoms with Crippen LogP contribution in [0, 0.1) is 22.7 Å². The molecule has 0 saturated carbocycles. The van der Waals surface area contributed by atoms with E-state index in [0.717, 1.165) is 0 Å². The number of halogens is 2. The van der Waals surface area contributed by atoms with Gasteiger partial charge in [0.1, 0.15) is 0 Å². The molecule has 0 saturated heterocycles. The predicted octanol–water partition coefficient (Wildman–Crippen LogP) is -6.34. The third-order valence-electron chi connectivity index (χ3n) is 0.0500. The van der Waals surface area contributed by atoms with Crippen molar-refractivity contribution in [3.63, 3.8) is 0 Å². The molecule has 34 valence electrons. The van der Waals surface area contributed by atoms with Crippen LogP contribution in [0.2, 0.25) is 0 Å². The van der Waals surface area contributed by atoms with Crippen LogP contribution in [0.5, 0.6) is 0 Å². The standard InChI is InChI=1S/C2N2.Ca.2ClH/c3-1-2-4;;;/h;;2*1H/q;+2;;/p-2. The summed E-state index contributed by atoms with van der Waals surface area (Å²) in [5.74, 6) is 0. The van der Waals surface area contributed by atoms with Gasteiger partial charge in [-0.1, -0.05) is 0 Å². The van der Waals surface area contributed by atoms with Gasteiger partial charge in [0.2, 0.25) is 0 Å². The van der Waals surface area contributed by atoms with Gasteiger partial charge in [-0.05, 0) is 0 Å². The smallest absolute Gasteiger partial charge is 1.00 e. The first-order valence-corrected chi connectivity index (χ1v) is 0.697. The quantitative estimate of drug-likeness (QED) is 0.333. The number of rotatable bonds is 0. The Hall–Kier alpha value is 0.820. The Bertz CT molecular complexity index is 68.7. The molecule has 0 atom stereocenters. The first kappa shape index (κ1) is 24.9. The second kappa shape index (κ2) is 29.1. The van der Waals surface area contributed by atoms with Crippen molar-refractivity contribution in [1.82, 2.24) is 0 Å². The van der Waals surface area contributed by atoms with Gasteiger partial charge >= 0.3 is 37.7 Å². The van der Waals surface area contributed by atoms with E-state index in [0.29, 0.717) is 0 Å². The van der Waals surface area contributed by atoms with Crippen molar-refractivity contribution in [2.75, 3.05) is 0 Å². The third kappa shape index (κ3) is 47.8. The molecule has 0 rings (SSSR count). The predicted molar refractivity (Wildman–Crippen MR) is 17.0 cm³/mol. The molecule has 7 heavy (non-hydrogen) atoms. The van der Waals surface area contributed by atoms with Crippen LogP contribution in [0.1, 0.15) is 0 Å². The summed E-state index contributed by atoms with van der Waals surface area (Å²) < 4.78 is 0. The van der Waals surface area contributed by atoms with Crippen LogP contribution in [0.25, 0.3) is 0 Å². The average molecular weight is 163 g/mol. The Morgan fingerprint density at radius 2 is 1.00 bits per heavy atom. The Morgan fingerprint density at radius 1 is 0.857 bits per heavy atom. The van der Waals surface area contributed by atoms with Gasteiger partial charge in [0, 0.05) is 0 Å². The molecule has 0 N–H and O–H groups in total. The molecule has 0 spiro atoms. The fourth-order valence-corrected chi connectivity index (χ4v) is 0. The van der Waals surface area contributed by atoms with Gasteiger partial charge in [0.05, 0.1) is 0 Å². The summed E-state index contributed by atoms with van der Waals surface area (Å²) in [4.78, 5) is 0. The van der Waals surface area contributed by atoms with Crippen molar-refractivity contribution in [2.45, 2.75) is 0 Å². The molecule has 0 radical (unpaired) electrons. The molecular formula is C2CaCl2N2. The monoisotopic (exact) mass is 162 g/mol. The molecule has 0 aromatic heterocycles. The van der Waals surface area contributed by atoms with Crippen molar-refractivity contribution in [3.8, 4) is 12.1 Å². The van der Waals surface area contributed by atoms with E-state index in [2.05, 4.69) is 0 Å². The minimum Gasteiger partial charge on any atom is -1.00 e. The van der Waals surface area contributed by atoms with Crippen molar-refractivity contribution in [1.29, 1.82) is 10.5 Å². The van der Waals surface area contributed by atoms with Crippen LogP contribution >= 0.6 is 0 Å². The van der Waals surface area contributed by atoms with Crippen LogP contribution in [0.15, 0.2) is 0 Å². The Balaban J connectivity index is -0.0000000150. The number of nitrogens with zero attached hydrogens (tertiary/aromatic N) is 2. The molecule has 2 nitrogen and oxygen atoms in total. The van der Waals surface area contributed by atoms with Crippen molar-refractivity contribution in [2.24, 2.45) is 0 Å². The molecule has 0 aliphatic rings. The van der Waals surface area contributed by atoms with E-state index in [1.54, 1.807) is 0 Å². The zero-order valence-electron chi connectivity index (χ0n) is 3.36. The van der Waals surface area contributed by atoms with Gasteiger partial charge in [0.25, 0.3) is 0 Å². The Morgan fingerprint density at radius 3 is 1.00 bits per heavy atom. The van der Waals surface area contributed by atoms with Gasteiger partial charge < -0.3 is 24.8 Å². The largest absolute Gasteiger partial charge is 2.00 e. The summed E-state index contributed by atoms with van der Waals surface area (Å²) >= 11 is 0. The molecule has 0 aromatic carbocycles. The van der Waals surface area contributed by atoms with Gasteiger partial charge in [-0.25, -0.2) is 0 Å². The average Bonchev–Trinajstić information content (AvgIpc) is 1.37. The molecule has 0 fully saturated rings. The minimum absolute atomic E-state index is 0. The maximum absolute atomic E-state index is 7.26. The molecular weight excluding hydrogens is 163 g/mol. The molecule has 0 unspecified atom stereocenters. The SMILES string of the molecule is N#CC#N.[Ca+2].[Cl-].[Cl-]. The van der Waals surface area contributed by atoms with Crippen LogP contribution < -0.4 is 24.8 Å². The van der Waals surface area contributed by atoms with Crippen LogP contribution in [-0.2, 0) is 0 Å². The topological polar surface area (TPSA) is 47.6 Å². The fraction of sp³-hybridized carbons (Fsp3) is 0. The number of nitriles is 2. The van der Waals surface area contributed by atoms with E-state index in [4.69, 9.17) is 10.5 Å². The first-order valence-electron chi connectivity index (χ1n) is 0.697. The summed E-state index contributed by atoms with van der Waals surface area (Å²) in [6, 6.07) is 2.47. The first-order chi connectivity index (χ1) is 1.91. The van der Waals surface area contributed by atoms with E-state index in [9.17, 15) is 0 Å². The molecule has 0 heterocycles. The minimum atomic E-state index is 0. The summed E-state index contributed by atoms with van der Waals surface area (Å²) in [5, 5.41) is 14.5. The van der Waals surface area contributed by atoms with E-state index in [1.165, 1.54) is 12.1 Å². The van der Waals surface area contributed by atoms with Gasteiger partial charge in [0.15, 0.2) is 12.1 Å². The molecule has 0 aromatic rings. The second-order valence-electron chi connectivity index (χ2n) is 0.224. The maximum Gasteiger partial charge on any atom is 2.00 e. The zero-order chi connectivity index (χ0) is 3.41. The van der Waals surface area contributed by atoms with E-state index >= 15 is 0 Å². The molecule has 5 heteroatoms. The Kier molecular flexibility index (Phi) is 103. The van der Waals surface area contributed by atoms with Gasteiger partial charge in [-0.3, -0.25) is 0 Å². The van der Waals surface area contributed by atoms with Gasteiger partial charge in [-0.15, -0.1) is 0 Å². The second-order valence-corrected chi connectivity index (χ2v) is 0.224. The maximum atomic E-state index is 7.26. The molecule has 0 aliphatic carbocycles. The summed E-state index contributed by atoms with van der Waals surface area (Å²) in [6.45, 7) is 0. The number of hydrogen-bond donors (Lipinski definition) is 0. The summed E-state index contributed by atoms with van der Waals surface area (Å²) in [5.41, 5.74) is 0. The van der Waals surface area contributed by atoms with Crippen molar-refractivity contribution >= 4 is 37.7 Å². The van der Waals surface area contributed by atoms with Gasteiger partial charge in [-0.2, -0.15) is 10.5 Å². The van der Waals surface area contributed by atoms with Crippen LogP contribution in [0.3, 0.4) is 0 Å². The number of hydrogen-bond acceptors (Lipinski definition) is 2. The molecule has 0 amide bonds. The Labute approximate surface area is 84.3 Å². The van der Waals surface area contributed by atoms with E-state index < -0.39 is 0 Å². The van der Waals surface area contributed by atoms with E-state index in [-0.39, 0.29) is 62.6 Å². The van der Waals surface area contributed by atoms with E-state index in [1.807, 2.05) is 0 Å².